The lowest BCUT2D eigenvalue weighted by Crippen LogP contribution is -2.35. The molecule has 1 unspecified atom stereocenters. The molecule has 0 aromatic carbocycles. The summed E-state index contributed by atoms with van der Waals surface area (Å²) in [5.74, 6) is 0.506. The average molecular weight is 430 g/mol. The van der Waals surface area contributed by atoms with E-state index in [1.165, 1.54) is 17.2 Å². The molecule has 4 rings (SSSR count). The lowest BCUT2D eigenvalue weighted by molar-refractivity contribution is -0.0467. The van der Waals surface area contributed by atoms with Gasteiger partial charge in [-0.2, -0.15) is 8.42 Å². The standard InChI is InChI=1S/C15H22N6O7S/c16-29(24,25)27-5-9-11(22)12(23)15(28-9)21-7-20-10-13(18-6-19-14(10)21)17-4-8-2-1-3-26-8/h6-9,11-12,15,22-23H,1-5H2,(H2,16,24,25)(H,17,18,19)/t8?,9-,11-,12-,15-/m1/s1. The van der Waals surface area contributed by atoms with E-state index >= 15 is 0 Å². The number of hydrogen-bond acceptors (Lipinski definition) is 11. The molecule has 0 amide bonds. The van der Waals surface area contributed by atoms with Crippen LogP contribution in [0.25, 0.3) is 11.2 Å². The van der Waals surface area contributed by atoms with Crippen molar-refractivity contribution in [3.63, 3.8) is 0 Å². The summed E-state index contributed by atoms with van der Waals surface area (Å²) in [5.41, 5.74) is 0.833. The third-order valence-corrected chi connectivity index (χ3v) is 5.35. The van der Waals surface area contributed by atoms with Crippen LogP contribution < -0.4 is 10.5 Å². The zero-order valence-corrected chi connectivity index (χ0v) is 16.1. The number of nitrogens with zero attached hydrogens (tertiary/aromatic N) is 4. The van der Waals surface area contributed by atoms with Crippen LogP contribution in [-0.4, -0.2) is 82.3 Å². The first-order chi connectivity index (χ1) is 13.8. The predicted molar refractivity (Wildman–Crippen MR) is 97.8 cm³/mol. The van der Waals surface area contributed by atoms with Gasteiger partial charge in [-0.1, -0.05) is 0 Å². The molecule has 0 spiro atoms. The molecule has 0 bridgehead atoms. The highest BCUT2D eigenvalue weighted by molar-refractivity contribution is 7.84. The third-order valence-electron chi connectivity index (χ3n) is 4.89. The number of ether oxygens (including phenoxy) is 2. The fourth-order valence-corrected chi connectivity index (χ4v) is 3.77. The van der Waals surface area contributed by atoms with E-state index in [0.717, 1.165) is 19.4 Å². The predicted octanol–water partition coefficient (Wildman–Crippen LogP) is -1.74. The van der Waals surface area contributed by atoms with Crippen molar-refractivity contribution < 1.29 is 32.3 Å². The number of nitrogens with two attached hydrogens (primary N) is 1. The van der Waals surface area contributed by atoms with Crippen LogP contribution in [0.15, 0.2) is 12.7 Å². The number of aromatic nitrogens is 4. The van der Waals surface area contributed by atoms with E-state index in [1.54, 1.807) is 0 Å². The normalized spacial score (nSPS) is 30.2. The number of aliphatic hydroxyl groups is 2. The molecule has 160 valence electrons. The van der Waals surface area contributed by atoms with Gasteiger partial charge in [0.05, 0.1) is 19.0 Å². The highest BCUT2D eigenvalue weighted by Gasteiger charge is 2.45. The minimum Gasteiger partial charge on any atom is -0.387 e. The average Bonchev–Trinajstić information content (AvgIpc) is 3.39. The Morgan fingerprint density at radius 3 is 2.86 bits per heavy atom. The van der Waals surface area contributed by atoms with Crippen LogP contribution in [0.3, 0.4) is 0 Å². The van der Waals surface area contributed by atoms with Crippen LogP contribution in [0.2, 0.25) is 0 Å². The molecule has 5 atom stereocenters. The summed E-state index contributed by atoms with van der Waals surface area (Å²) >= 11 is 0. The Morgan fingerprint density at radius 2 is 2.14 bits per heavy atom. The summed E-state index contributed by atoms with van der Waals surface area (Å²) in [7, 11) is -4.21. The largest absolute Gasteiger partial charge is 0.387 e. The van der Waals surface area contributed by atoms with E-state index in [1.807, 2.05) is 0 Å². The van der Waals surface area contributed by atoms with Crippen LogP contribution in [0.4, 0.5) is 5.82 Å². The molecule has 14 heteroatoms. The van der Waals surface area contributed by atoms with Crippen molar-refractivity contribution in [1.82, 2.24) is 19.5 Å². The van der Waals surface area contributed by atoms with Crippen molar-refractivity contribution in [2.24, 2.45) is 5.14 Å². The molecule has 2 aromatic rings. The lowest BCUT2D eigenvalue weighted by atomic mass is 10.1. The number of anilines is 1. The van der Waals surface area contributed by atoms with E-state index in [0.29, 0.717) is 23.5 Å². The number of fused-ring (bicyclic) bond motifs is 1. The molecule has 0 radical (unpaired) electrons. The number of imidazole rings is 1. The topological polar surface area (TPSA) is 184 Å². The fourth-order valence-electron chi connectivity index (χ4n) is 3.44. The van der Waals surface area contributed by atoms with Crippen molar-refractivity contribution in [2.45, 2.75) is 43.5 Å². The molecule has 2 aliphatic rings. The molecular formula is C15H22N6O7S. The Bertz CT molecular complexity index is 963. The van der Waals surface area contributed by atoms with E-state index < -0.39 is 41.5 Å². The van der Waals surface area contributed by atoms with Gasteiger partial charge in [-0.05, 0) is 12.8 Å². The van der Waals surface area contributed by atoms with Gasteiger partial charge < -0.3 is 25.0 Å². The molecule has 4 heterocycles. The summed E-state index contributed by atoms with van der Waals surface area (Å²) in [6.45, 7) is 0.784. The number of nitrogens with one attached hydrogen (secondary N) is 1. The van der Waals surface area contributed by atoms with Gasteiger partial charge in [0.25, 0.3) is 0 Å². The Balaban J connectivity index is 1.52. The summed E-state index contributed by atoms with van der Waals surface area (Å²) < 4.78 is 39.0. The first-order valence-corrected chi connectivity index (χ1v) is 10.5. The van der Waals surface area contributed by atoms with Crippen LogP contribution >= 0.6 is 0 Å². The molecule has 2 aromatic heterocycles. The van der Waals surface area contributed by atoms with Crippen LogP contribution in [0.1, 0.15) is 19.1 Å². The molecule has 2 aliphatic heterocycles. The highest BCUT2D eigenvalue weighted by Crippen LogP contribution is 2.32. The van der Waals surface area contributed by atoms with Gasteiger partial charge in [0.1, 0.15) is 24.6 Å². The summed E-state index contributed by atoms with van der Waals surface area (Å²) in [4.78, 5) is 12.7. The van der Waals surface area contributed by atoms with Gasteiger partial charge in [-0.25, -0.2) is 20.1 Å². The first-order valence-electron chi connectivity index (χ1n) is 9.05. The molecule has 2 saturated heterocycles. The van der Waals surface area contributed by atoms with Crippen molar-refractivity contribution >= 4 is 27.3 Å². The maximum absolute atomic E-state index is 11.0. The Morgan fingerprint density at radius 1 is 1.31 bits per heavy atom. The van der Waals surface area contributed by atoms with Gasteiger partial charge in [0.2, 0.25) is 0 Å². The van der Waals surface area contributed by atoms with Gasteiger partial charge in [-0.15, -0.1) is 0 Å². The van der Waals surface area contributed by atoms with Gasteiger partial charge in [0, 0.05) is 13.2 Å². The van der Waals surface area contributed by atoms with E-state index in [2.05, 4.69) is 24.5 Å². The molecule has 0 aliphatic carbocycles. The van der Waals surface area contributed by atoms with Gasteiger partial charge in [0.15, 0.2) is 23.2 Å². The summed E-state index contributed by atoms with van der Waals surface area (Å²) in [6.07, 6.45) is -0.0602. The molecule has 0 saturated carbocycles. The molecule has 5 N–H and O–H groups in total. The Kier molecular flexibility index (Phi) is 5.65. The maximum atomic E-state index is 11.0. The first kappa shape index (κ1) is 20.3. The fraction of sp³-hybridized carbons (Fsp3) is 0.667. The zero-order chi connectivity index (χ0) is 20.6. The van der Waals surface area contributed by atoms with Crippen molar-refractivity contribution in [3.05, 3.63) is 12.7 Å². The van der Waals surface area contributed by atoms with Crippen LogP contribution in [0.5, 0.6) is 0 Å². The quantitative estimate of drug-likeness (QED) is 0.391. The van der Waals surface area contributed by atoms with Gasteiger partial charge >= 0.3 is 10.3 Å². The highest BCUT2D eigenvalue weighted by atomic mass is 32.2. The second-order valence-corrected chi connectivity index (χ2v) is 8.11. The molecular weight excluding hydrogens is 408 g/mol. The number of rotatable bonds is 7. The summed E-state index contributed by atoms with van der Waals surface area (Å²) in [6, 6.07) is 0. The van der Waals surface area contributed by atoms with Gasteiger partial charge in [-0.3, -0.25) is 8.75 Å². The minimum atomic E-state index is -4.21. The minimum absolute atomic E-state index is 0.108. The van der Waals surface area contributed by atoms with Crippen molar-refractivity contribution in [1.29, 1.82) is 0 Å². The van der Waals surface area contributed by atoms with Crippen molar-refractivity contribution in [3.8, 4) is 0 Å². The zero-order valence-electron chi connectivity index (χ0n) is 15.3. The summed E-state index contributed by atoms with van der Waals surface area (Å²) in [5, 5.41) is 28.5. The van der Waals surface area contributed by atoms with Crippen molar-refractivity contribution in [2.75, 3.05) is 25.1 Å². The smallest absolute Gasteiger partial charge is 0.333 e. The Labute approximate surface area is 166 Å². The van der Waals surface area contributed by atoms with E-state index in [-0.39, 0.29) is 6.10 Å². The number of aliphatic hydroxyl groups excluding tert-OH is 2. The second kappa shape index (κ2) is 8.06. The molecule has 13 nitrogen and oxygen atoms in total. The maximum Gasteiger partial charge on any atom is 0.333 e. The van der Waals surface area contributed by atoms with E-state index in [9.17, 15) is 18.6 Å². The molecule has 29 heavy (non-hydrogen) atoms. The third kappa shape index (κ3) is 4.32. The second-order valence-electron chi connectivity index (χ2n) is 6.89. The molecule has 2 fully saturated rings. The van der Waals surface area contributed by atoms with E-state index in [4.69, 9.17) is 14.6 Å². The monoisotopic (exact) mass is 430 g/mol. The Hall–Kier alpha value is -1.94. The lowest BCUT2D eigenvalue weighted by Gasteiger charge is -2.16. The number of hydrogen-bond donors (Lipinski definition) is 4. The SMILES string of the molecule is NS(=O)(=O)OC[C@H]1O[C@@H](n2cnc3c(NCC4CCCO4)ncnc32)[C@H](O)[C@@H]1O. The van der Waals surface area contributed by atoms with Crippen LogP contribution in [-0.2, 0) is 24.0 Å². The van der Waals surface area contributed by atoms with Crippen LogP contribution in [0, 0.1) is 0 Å².